The first-order valence-electron chi connectivity index (χ1n) is 4.82. The highest BCUT2D eigenvalue weighted by Crippen LogP contribution is 2.26. The monoisotopic (exact) mass is 229 g/mol. The Kier molecular flexibility index (Phi) is 2.18. The molecule has 17 heavy (non-hydrogen) atoms. The van der Waals surface area contributed by atoms with Gasteiger partial charge >= 0.3 is 0 Å². The molecule has 2 heterocycles. The van der Waals surface area contributed by atoms with Crippen molar-refractivity contribution in [2.45, 2.75) is 0 Å². The van der Waals surface area contributed by atoms with E-state index < -0.39 is 5.82 Å². The summed E-state index contributed by atoms with van der Waals surface area (Å²) in [6, 6.07) is 6.85. The standard InChI is InChI=1S/C11H6FN4O/c12-8-3-1-2-4-9(8)17-11-7-5-15-16-10(7)13-6-14-11/h2-6H,(H,13,14,15,16). The lowest BCUT2D eigenvalue weighted by molar-refractivity contribution is 0.431. The molecular formula is C11H6FN4O. The summed E-state index contributed by atoms with van der Waals surface area (Å²) in [6.07, 6.45) is 2.85. The van der Waals surface area contributed by atoms with E-state index in [1.54, 1.807) is 6.07 Å². The van der Waals surface area contributed by atoms with Gasteiger partial charge in [0.25, 0.3) is 0 Å². The largest absolute Gasteiger partial charge is 0.435 e. The minimum absolute atomic E-state index is 0.0879. The molecule has 0 fully saturated rings. The number of ether oxygens (including phenoxy) is 1. The van der Waals surface area contributed by atoms with Crippen molar-refractivity contribution in [2.75, 3.05) is 0 Å². The highest BCUT2D eigenvalue weighted by Gasteiger charge is 2.09. The van der Waals surface area contributed by atoms with Crippen molar-refractivity contribution in [2.24, 2.45) is 0 Å². The molecule has 0 saturated carbocycles. The third-order valence-corrected chi connectivity index (χ3v) is 2.19. The Morgan fingerprint density at radius 1 is 1.35 bits per heavy atom. The van der Waals surface area contributed by atoms with Crippen molar-refractivity contribution in [3.63, 3.8) is 0 Å². The Labute approximate surface area is 95.3 Å². The highest BCUT2D eigenvalue weighted by atomic mass is 19.1. The molecule has 5 nitrogen and oxygen atoms in total. The van der Waals surface area contributed by atoms with Crippen LogP contribution in [0, 0.1) is 11.9 Å². The maximum atomic E-state index is 13.4. The van der Waals surface area contributed by atoms with E-state index in [0.717, 1.165) is 0 Å². The SMILES string of the molecule is Fc1c[c]ccc1Oc1ncnc2[nH]ncc12. The van der Waals surface area contributed by atoms with E-state index in [4.69, 9.17) is 4.74 Å². The molecule has 0 aliphatic carbocycles. The van der Waals surface area contributed by atoms with E-state index in [9.17, 15) is 4.39 Å². The van der Waals surface area contributed by atoms with E-state index in [1.165, 1.54) is 24.7 Å². The van der Waals surface area contributed by atoms with Crippen LogP contribution >= 0.6 is 0 Å². The zero-order valence-electron chi connectivity index (χ0n) is 8.51. The average molecular weight is 229 g/mol. The van der Waals surface area contributed by atoms with Gasteiger partial charge in [-0.15, -0.1) is 0 Å². The molecule has 0 amide bonds. The summed E-state index contributed by atoms with van der Waals surface area (Å²) in [5.41, 5.74) is 0.540. The zero-order chi connectivity index (χ0) is 11.7. The number of rotatable bonds is 2. The molecule has 0 aliphatic heterocycles. The van der Waals surface area contributed by atoms with Gasteiger partial charge in [-0.2, -0.15) is 5.10 Å². The maximum absolute atomic E-state index is 13.4. The molecule has 1 radical (unpaired) electrons. The first-order valence-corrected chi connectivity index (χ1v) is 4.82. The van der Waals surface area contributed by atoms with Gasteiger partial charge in [-0.3, -0.25) is 5.10 Å². The van der Waals surface area contributed by atoms with Gasteiger partial charge in [0, 0.05) is 0 Å². The molecule has 0 aliphatic rings. The van der Waals surface area contributed by atoms with Gasteiger partial charge in [0.05, 0.1) is 6.20 Å². The second kappa shape index (κ2) is 3.82. The van der Waals surface area contributed by atoms with Crippen LogP contribution in [-0.4, -0.2) is 20.2 Å². The minimum Gasteiger partial charge on any atom is -0.435 e. The quantitative estimate of drug-likeness (QED) is 0.730. The number of aromatic nitrogens is 4. The molecule has 1 aromatic carbocycles. The maximum Gasteiger partial charge on any atom is 0.233 e. The number of nitrogens with one attached hydrogen (secondary N) is 1. The number of benzene rings is 1. The van der Waals surface area contributed by atoms with Gasteiger partial charge in [0.1, 0.15) is 11.7 Å². The molecule has 0 atom stereocenters. The molecule has 1 N–H and O–H groups in total. The predicted octanol–water partition coefficient (Wildman–Crippen LogP) is 2.08. The second-order valence-electron chi connectivity index (χ2n) is 3.27. The molecule has 0 unspecified atom stereocenters. The fourth-order valence-electron chi connectivity index (χ4n) is 1.41. The molecule has 3 aromatic rings. The summed E-state index contributed by atoms with van der Waals surface area (Å²) in [4.78, 5) is 7.90. The molecular weight excluding hydrogens is 223 g/mol. The topological polar surface area (TPSA) is 63.7 Å². The lowest BCUT2D eigenvalue weighted by Gasteiger charge is -2.05. The lowest BCUT2D eigenvalue weighted by Crippen LogP contribution is -1.92. The molecule has 83 valence electrons. The fourth-order valence-corrected chi connectivity index (χ4v) is 1.41. The van der Waals surface area contributed by atoms with Crippen molar-refractivity contribution < 1.29 is 9.13 Å². The number of hydrogen-bond acceptors (Lipinski definition) is 4. The summed E-state index contributed by atoms with van der Waals surface area (Å²) < 4.78 is 18.8. The fraction of sp³-hybridized carbons (Fsp3) is 0. The van der Waals surface area contributed by atoms with Crippen LogP contribution in [0.25, 0.3) is 11.0 Å². The van der Waals surface area contributed by atoms with Crippen LogP contribution in [0.1, 0.15) is 0 Å². The van der Waals surface area contributed by atoms with Gasteiger partial charge in [0.15, 0.2) is 17.2 Å². The number of H-pyrrole nitrogens is 1. The van der Waals surface area contributed by atoms with Gasteiger partial charge in [-0.25, -0.2) is 14.4 Å². The van der Waals surface area contributed by atoms with Crippen molar-refractivity contribution in [3.05, 3.63) is 42.6 Å². The van der Waals surface area contributed by atoms with Crippen molar-refractivity contribution in [1.82, 2.24) is 20.2 Å². The van der Waals surface area contributed by atoms with E-state index in [2.05, 4.69) is 26.2 Å². The Morgan fingerprint density at radius 3 is 3.18 bits per heavy atom. The summed E-state index contributed by atoms with van der Waals surface area (Å²) in [7, 11) is 0. The summed E-state index contributed by atoms with van der Waals surface area (Å²) >= 11 is 0. The van der Waals surface area contributed by atoms with E-state index in [-0.39, 0.29) is 11.6 Å². The normalized spacial score (nSPS) is 10.6. The first-order chi connectivity index (χ1) is 8.34. The number of hydrogen-bond donors (Lipinski definition) is 1. The molecule has 6 heteroatoms. The van der Waals surface area contributed by atoms with Gasteiger partial charge in [-0.05, 0) is 18.2 Å². The van der Waals surface area contributed by atoms with E-state index in [1.807, 2.05) is 0 Å². The van der Waals surface area contributed by atoms with Crippen LogP contribution in [0.2, 0.25) is 0 Å². The van der Waals surface area contributed by atoms with Crippen LogP contribution in [0.5, 0.6) is 11.6 Å². The van der Waals surface area contributed by atoms with Crippen molar-refractivity contribution in [1.29, 1.82) is 0 Å². The Bertz CT molecular complexity index is 667. The second-order valence-corrected chi connectivity index (χ2v) is 3.27. The van der Waals surface area contributed by atoms with Crippen LogP contribution in [0.3, 0.4) is 0 Å². The summed E-state index contributed by atoms with van der Waals surface area (Å²) in [5, 5.41) is 7.09. The van der Waals surface area contributed by atoms with Gasteiger partial charge in [-0.1, -0.05) is 6.07 Å². The van der Waals surface area contributed by atoms with Crippen molar-refractivity contribution in [3.8, 4) is 11.6 Å². The van der Waals surface area contributed by atoms with Crippen LogP contribution in [0.15, 0.2) is 30.7 Å². The Morgan fingerprint density at radius 2 is 2.29 bits per heavy atom. The molecule has 0 saturated heterocycles. The van der Waals surface area contributed by atoms with Gasteiger partial charge < -0.3 is 4.74 Å². The Balaban J connectivity index is 2.06. The molecule has 0 bridgehead atoms. The predicted molar refractivity (Wildman–Crippen MR) is 57.0 cm³/mol. The van der Waals surface area contributed by atoms with E-state index >= 15 is 0 Å². The highest BCUT2D eigenvalue weighted by molar-refractivity contribution is 5.79. The third kappa shape index (κ3) is 1.69. The molecule has 3 rings (SSSR count). The smallest absolute Gasteiger partial charge is 0.233 e. The zero-order valence-corrected chi connectivity index (χ0v) is 8.51. The average Bonchev–Trinajstić information content (AvgIpc) is 2.81. The van der Waals surface area contributed by atoms with Gasteiger partial charge in [0.2, 0.25) is 5.88 Å². The summed E-state index contributed by atoms with van der Waals surface area (Å²) in [5.74, 6) is -0.151. The summed E-state index contributed by atoms with van der Waals surface area (Å²) in [6.45, 7) is 0. The van der Waals surface area contributed by atoms with Crippen LogP contribution in [-0.2, 0) is 0 Å². The van der Waals surface area contributed by atoms with Crippen LogP contribution < -0.4 is 4.74 Å². The van der Waals surface area contributed by atoms with Crippen LogP contribution in [0.4, 0.5) is 4.39 Å². The number of halogens is 1. The minimum atomic E-state index is -0.497. The number of nitrogens with zero attached hydrogens (tertiary/aromatic N) is 3. The number of fused-ring (bicyclic) bond motifs is 1. The lowest BCUT2D eigenvalue weighted by atomic mass is 10.3. The first kappa shape index (κ1) is 9.71. The third-order valence-electron chi connectivity index (χ3n) is 2.19. The Hall–Kier alpha value is -2.50. The molecule has 2 aromatic heterocycles. The van der Waals surface area contributed by atoms with E-state index in [0.29, 0.717) is 11.0 Å². The van der Waals surface area contributed by atoms with Crippen molar-refractivity contribution >= 4 is 11.0 Å². The molecule has 0 spiro atoms. The number of aromatic amines is 1.